The highest BCUT2D eigenvalue weighted by atomic mass is 35.5. The van der Waals surface area contributed by atoms with Crippen LogP contribution in [-0.2, 0) is 25.7 Å². The molecule has 4 rings (SSSR count). The zero-order chi connectivity index (χ0) is 24.0. The number of hydrogen-bond acceptors (Lipinski definition) is 5. The molecule has 5 nitrogen and oxygen atoms in total. The number of alkyl halides is 3. The van der Waals surface area contributed by atoms with Gasteiger partial charge in [0.25, 0.3) is 5.60 Å². The molecule has 0 spiro atoms. The van der Waals surface area contributed by atoms with Crippen LogP contribution < -0.4 is 0 Å². The van der Waals surface area contributed by atoms with E-state index in [0.717, 1.165) is 12.1 Å². The van der Waals surface area contributed by atoms with Crippen LogP contribution in [0.3, 0.4) is 0 Å². The topological polar surface area (TPSA) is 65.0 Å². The molecule has 0 radical (unpaired) electrons. The Balaban J connectivity index is 1.58. The first-order valence-electron chi connectivity index (χ1n) is 9.93. The van der Waals surface area contributed by atoms with E-state index in [-0.39, 0.29) is 46.0 Å². The summed E-state index contributed by atoms with van der Waals surface area (Å²) in [4.78, 5) is 17.7. The van der Waals surface area contributed by atoms with E-state index in [4.69, 9.17) is 32.2 Å². The normalized spacial score (nSPS) is 25.1. The molecule has 0 bridgehead atoms. The number of benzene rings is 2. The lowest BCUT2D eigenvalue weighted by Crippen LogP contribution is -2.42. The maximum absolute atomic E-state index is 14.2. The second-order valence-corrected chi connectivity index (χ2v) is 10.1. The summed E-state index contributed by atoms with van der Waals surface area (Å²) in [7, 11) is 0. The van der Waals surface area contributed by atoms with Gasteiger partial charge in [-0.1, -0.05) is 40.5 Å². The second-order valence-electron chi connectivity index (χ2n) is 8.07. The van der Waals surface area contributed by atoms with Crippen molar-refractivity contribution in [1.29, 1.82) is 0 Å². The number of rotatable bonds is 5. The van der Waals surface area contributed by atoms with Crippen LogP contribution in [0, 0.1) is 12.8 Å². The van der Waals surface area contributed by atoms with Gasteiger partial charge in [0.1, 0.15) is 0 Å². The molecule has 0 aromatic heterocycles. The molecule has 2 unspecified atom stereocenters. The van der Waals surface area contributed by atoms with Crippen molar-refractivity contribution >= 4 is 45.8 Å². The Kier molecular flexibility index (Phi) is 6.61. The van der Waals surface area contributed by atoms with Crippen LogP contribution in [0.4, 0.5) is 13.2 Å². The Morgan fingerprint density at radius 2 is 1.91 bits per heavy atom. The Bertz CT molecular complexity index is 1150. The molecule has 176 valence electrons. The lowest BCUT2D eigenvalue weighted by atomic mass is 9.86. The number of oxime groups is 1. The molecule has 1 fully saturated rings. The summed E-state index contributed by atoms with van der Waals surface area (Å²) < 4.78 is 58.8. The van der Waals surface area contributed by atoms with E-state index in [9.17, 15) is 22.2 Å². The predicted molar refractivity (Wildman–Crippen MR) is 119 cm³/mol. The maximum Gasteiger partial charge on any atom is 0.435 e. The van der Waals surface area contributed by atoms with Gasteiger partial charge in [-0.15, -0.1) is 0 Å². The molecule has 33 heavy (non-hydrogen) atoms. The molecule has 3 atom stereocenters. The fourth-order valence-electron chi connectivity index (χ4n) is 3.95. The Morgan fingerprint density at radius 3 is 2.48 bits per heavy atom. The fraction of sp³-hybridized carbons (Fsp3) is 0.364. The smallest absolute Gasteiger partial charge is 0.374 e. The number of carbonyl (C=O) groups is 1. The molecule has 0 amide bonds. The number of halogens is 5. The van der Waals surface area contributed by atoms with Gasteiger partial charge >= 0.3 is 6.18 Å². The molecule has 2 aliphatic heterocycles. The molecular weight excluding hydrogens is 502 g/mol. The minimum atomic E-state index is -4.79. The highest BCUT2D eigenvalue weighted by Gasteiger charge is 2.62. The van der Waals surface area contributed by atoms with Gasteiger partial charge < -0.3 is 4.84 Å². The van der Waals surface area contributed by atoms with Crippen LogP contribution in [0.2, 0.25) is 10.0 Å². The summed E-state index contributed by atoms with van der Waals surface area (Å²) in [6.45, 7) is 1.96. The van der Waals surface area contributed by atoms with Gasteiger partial charge in [-0.05, 0) is 42.3 Å². The third kappa shape index (κ3) is 4.82. The summed E-state index contributed by atoms with van der Waals surface area (Å²) in [6.07, 6.45) is -5.19. The van der Waals surface area contributed by atoms with E-state index in [2.05, 4.69) is 5.16 Å². The standard InChI is InChI=1S/C22H18Cl2F3NO4S/c1-12-4-14(2-3-18(12)20(29)5-13-10-31-33(30)11-13)19-9-21(32-28-19,22(25,26)27)15-6-16(23)8-17(24)7-15/h2-4,6-8,13H,5,9-11H2,1H3/t13-,21?,33?/m1/s1. The van der Waals surface area contributed by atoms with Gasteiger partial charge in [0.05, 0.1) is 18.1 Å². The van der Waals surface area contributed by atoms with Crippen LogP contribution >= 0.6 is 23.2 Å². The summed E-state index contributed by atoms with van der Waals surface area (Å²) >= 11 is 10.5. The number of Topliss-reactive ketones (excluding diaryl/α,β-unsaturated/α-hetero) is 1. The summed E-state index contributed by atoms with van der Waals surface area (Å²) in [5, 5.41) is 3.84. The number of aryl methyl sites for hydroxylation is 1. The van der Waals surface area contributed by atoms with Crippen LogP contribution in [0.5, 0.6) is 0 Å². The Morgan fingerprint density at radius 1 is 1.21 bits per heavy atom. The zero-order valence-corrected chi connectivity index (χ0v) is 19.6. The van der Waals surface area contributed by atoms with Crippen molar-refractivity contribution in [3.05, 3.63) is 68.7 Å². The van der Waals surface area contributed by atoms with Gasteiger partial charge in [0, 0.05) is 39.9 Å². The monoisotopic (exact) mass is 519 g/mol. The zero-order valence-electron chi connectivity index (χ0n) is 17.2. The van der Waals surface area contributed by atoms with Crippen LogP contribution in [0.25, 0.3) is 0 Å². The largest absolute Gasteiger partial charge is 0.435 e. The predicted octanol–water partition coefficient (Wildman–Crippen LogP) is 5.77. The number of ketones is 1. The van der Waals surface area contributed by atoms with Crippen molar-refractivity contribution in [1.82, 2.24) is 0 Å². The third-order valence-corrected chi connectivity index (χ3v) is 7.23. The van der Waals surface area contributed by atoms with E-state index < -0.39 is 29.3 Å². The van der Waals surface area contributed by atoms with E-state index in [1.54, 1.807) is 25.1 Å². The first kappa shape index (κ1) is 24.2. The van der Waals surface area contributed by atoms with E-state index in [0.29, 0.717) is 22.4 Å². The van der Waals surface area contributed by atoms with Gasteiger partial charge in [-0.3, -0.25) is 8.98 Å². The molecular formula is C22H18Cl2F3NO4S. The quantitative estimate of drug-likeness (QED) is 0.470. The van der Waals surface area contributed by atoms with Crippen LogP contribution in [-0.4, -0.2) is 34.2 Å². The molecule has 0 aliphatic carbocycles. The van der Waals surface area contributed by atoms with Crippen molar-refractivity contribution in [2.24, 2.45) is 11.1 Å². The molecule has 2 aromatic carbocycles. The minimum absolute atomic E-state index is 0.0494. The molecule has 0 saturated carbocycles. The van der Waals surface area contributed by atoms with Crippen molar-refractivity contribution < 1.29 is 31.2 Å². The summed E-state index contributed by atoms with van der Waals surface area (Å²) in [5.74, 6) is 0.0423. The molecule has 0 N–H and O–H groups in total. The SMILES string of the molecule is Cc1cc(C2=NOC(c3cc(Cl)cc(Cl)c3)(C(F)(F)F)C2)ccc1C(=O)C[C@@H]1COS(=O)C1. The second kappa shape index (κ2) is 9.02. The number of nitrogens with zero attached hydrogens (tertiary/aromatic N) is 1. The molecule has 2 heterocycles. The number of carbonyl (C=O) groups excluding carboxylic acids is 1. The van der Waals surface area contributed by atoms with Gasteiger partial charge in [0.15, 0.2) is 16.9 Å². The first-order chi connectivity index (χ1) is 15.5. The third-order valence-electron chi connectivity index (χ3n) is 5.66. The van der Waals surface area contributed by atoms with Crippen molar-refractivity contribution in [2.45, 2.75) is 31.5 Å². The van der Waals surface area contributed by atoms with Crippen molar-refractivity contribution in [3.8, 4) is 0 Å². The molecule has 1 saturated heterocycles. The van der Waals surface area contributed by atoms with E-state index in [1.165, 1.54) is 6.07 Å². The highest BCUT2D eigenvalue weighted by Crippen LogP contribution is 2.49. The maximum atomic E-state index is 14.2. The van der Waals surface area contributed by atoms with Crippen LogP contribution in [0.1, 0.15) is 39.9 Å². The number of hydrogen-bond donors (Lipinski definition) is 0. The summed E-state index contributed by atoms with van der Waals surface area (Å²) in [6, 6.07) is 8.37. The lowest BCUT2D eigenvalue weighted by molar-refractivity contribution is -0.275. The Hall–Kier alpha value is -1.94. The molecule has 11 heteroatoms. The van der Waals surface area contributed by atoms with Crippen molar-refractivity contribution in [3.63, 3.8) is 0 Å². The average molecular weight is 520 g/mol. The van der Waals surface area contributed by atoms with E-state index >= 15 is 0 Å². The first-order valence-corrected chi connectivity index (χ1v) is 11.9. The van der Waals surface area contributed by atoms with Gasteiger partial charge in [-0.25, -0.2) is 4.21 Å². The van der Waals surface area contributed by atoms with Gasteiger partial charge in [-0.2, -0.15) is 13.2 Å². The van der Waals surface area contributed by atoms with E-state index in [1.807, 2.05) is 0 Å². The van der Waals surface area contributed by atoms with Crippen LogP contribution in [0.15, 0.2) is 41.6 Å². The fourth-order valence-corrected chi connectivity index (χ4v) is 5.52. The minimum Gasteiger partial charge on any atom is -0.374 e. The molecule has 2 aliphatic rings. The Labute approximate surface area is 200 Å². The highest BCUT2D eigenvalue weighted by molar-refractivity contribution is 7.80. The average Bonchev–Trinajstić information content (AvgIpc) is 3.34. The lowest BCUT2D eigenvalue weighted by Gasteiger charge is -2.29. The van der Waals surface area contributed by atoms with Crippen molar-refractivity contribution in [2.75, 3.05) is 12.4 Å². The van der Waals surface area contributed by atoms with Gasteiger partial charge in [0.2, 0.25) is 0 Å². The molecule has 2 aromatic rings. The summed E-state index contributed by atoms with van der Waals surface area (Å²) in [5.41, 5.74) is -1.43.